The summed E-state index contributed by atoms with van der Waals surface area (Å²) in [5.41, 5.74) is 0.0560. The Balaban J connectivity index is 2.86. The molecule has 0 aliphatic carbocycles. The summed E-state index contributed by atoms with van der Waals surface area (Å²) in [6.45, 7) is 0. The zero-order chi connectivity index (χ0) is 13.3. The monoisotopic (exact) mass is 266 g/mol. The molecule has 0 unspecified atom stereocenters. The summed E-state index contributed by atoms with van der Waals surface area (Å²) in [6.07, 6.45) is 1.34. The minimum absolute atomic E-state index is 0.0486. The number of benzene rings is 1. The number of hydrogen-bond donors (Lipinski definition) is 1. The fourth-order valence-corrected chi connectivity index (χ4v) is 2.44. The number of carbonyl (C=O) groups is 1. The SMILES string of the molecule is COC(=O)c1nccc2c(S(N)(=O)=O)cccc12. The Hall–Kier alpha value is -1.99. The maximum absolute atomic E-state index is 11.5. The third-order valence-corrected chi connectivity index (χ3v) is 3.42. The van der Waals surface area contributed by atoms with E-state index in [9.17, 15) is 13.2 Å². The van der Waals surface area contributed by atoms with E-state index in [1.54, 1.807) is 6.07 Å². The van der Waals surface area contributed by atoms with Crippen LogP contribution in [0.4, 0.5) is 0 Å². The molecule has 0 aliphatic heterocycles. The molecule has 0 aliphatic rings. The number of methoxy groups -OCH3 is 1. The smallest absolute Gasteiger partial charge is 0.357 e. The number of hydrogen-bond acceptors (Lipinski definition) is 5. The van der Waals surface area contributed by atoms with Crippen LogP contribution in [-0.4, -0.2) is 26.5 Å². The molecule has 0 amide bonds. The van der Waals surface area contributed by atoms with Gasteiger partial charge in [-0.3, -0.25) is 0 Å². The van der Waals surface area contributed by atoms with Crippen molar-refractivity contribution in [3.63, 3.8) is 0 Å². The molecule has 0 saturated carbocycles. The van der Waals surface area contributed by atoms with Crippen LogP contribution in [0.1, 0.15) is 10.5 Å². The average Bonchev–Trinajstić information content (AvgIpc) is 2.35. The number of pyridine rings is 1. The van der Waals surface area contributed by atoms with Crippen molar-refractivity contribution < 1.29 is 17.9 Å². The van der Waals surface area contributed by atoms with Gasteiger partial charge in [-0.1, -0.05) is 12.1 Å². The number of sulfonamides is 1. The van der Waals surface area contributed by atoms with Gasteiger partial charge in [-0.05, 0) is 12.1 Å². The summed E-state index contributed by atoms with van der Waals surface area (Å²) in [4.78, 5) is 15.4. The van der Waals surface area contributed by atoms with E-state index in [1.165, 1.54) is 31.5 Å². The van der Waals surface area contributed by atoms with E-state index in [0.29, 0.717) is 10.8 Å². The lowest BCUT2D eigenvalue weighted by molar-refractivity contribution is 0.0596. The van der Waals surface area contributed by atoms with E-state index in [-0.39, 0.29) is 10.6 Å². The Labute approximate surface area is 103 Å². The molecule has 0 atom stereocenters. The van der Waals surface area contributed by atoms with E-state index in [4.69, 9.17) is 5.14 Å². The molecule has 0 spiro atoms. The second-order valence-electron chi connectivity index (χ2n) is 3.55. The minimum Gasteiger partial charge on any atom is -0.464 e. The van der Waals surface area contributed by atoms with E-state index >= 15 is 0 Å². The second kappa shape index (κ2) is 4.35. The maximum atomic E-state index is 11.5. The standard InChI is InChI=1S/C11H10N2O4S/c1-17-11(14)10-8-3-2-4-9(18(12,15)16)7(8)5-6-13-10/h2-6H,1H3,(H2,12,15,16). The van der Waals surface area contributed by atoms with Gasteiger partial charge >= 0.3 is 5.97 Å². The summed E-state index contributed by atoms with van der Waals surface area (Å²) >= 11 is 0. The zero-order valence-electron chi connectivity index (χ0n) is 9.45. The van der Waals surface area contributed by atoms with Crippen molar-refractivity contribution in [1.29, 1.82) is 0 Å². The van der Waals surface area contributed by atoms with Gasteiger partial charge in [0.05, 0.1) is 12.0 Å². The molecule has 6 nitrogen and oxygen atoms in total. The first-order chi connectivity index (χ1) is 8.45. The Morgan fingerprint density at radius 3 is 2.61 bits per heavy atom. The van der Waals surface area contributed by atoms with Crippen LogP contribution < -0.4 is 5.14 Å². The van der Waals surface area contributed by atoms with Crippen LogP contribution in [0, 0.1) is 0 Å². The van der Waals surface area contributed by atoms with Crippen molar-refractivity contribution in [2.24, 2.45) is 5.14 Å². The first kappa shape index (κ1) is 12.5. The molecule has 0 bridgehead atoms. The number of nitrogens with two attached hydrogens (primary N) is 1. The van der Waals surface area contributed by atoms with Crippen molar-refractivity contribution in [1.82, 2.24) is 4.98 Å². The van der Waals surface area contributed by atoms with Gasteiger partial charge in [0.1, 0.15) is 0 Å². The van der Waals surface area contributed by atoms with Crippen molar-refractivity contribution in [3.8, 4) is 0 Å². The number of esters is 1. The first-order valence-corrected chi connectivity index (χ1v) is 6.48. The average molecular weight is 266 g/mol. The predicted octanol–water partition coefficient (Wildman–Crippen LogP) is 0.669. The quantitative estimate of drug-likeness (QED) is 0.805. The number of aromatic nitrogens is 1. The summed E-state index contributed by atoms with van der Waals surface area (Å²) in [5.74, 6) is -0.632. The highest BCUT2D eigenvalue weighted by Gasteiger charge is 2.17. The van der Waals surface area contributed by atoms with Crippen LogP contribution in [0.25, 0.3) is 10.8 Å². The number of ether oxygens (including phenoxy) is 1. The Kier molecular flexibility index (Phi) is 3.02. The van der Waals surface area contributed by atoms with Crippen LogP contribution in [0.15, 0.2) is 35.4 Å². The van der Waals surface area contributed by atoms with Crippen LogP contribution in [0.5, 0.6) is 0 Å². The van der Waals surface area contributed by atoms with Crippen molar-refractivity contribution >= 4 is 26.8 Å². The Bertz CT molecular complexity index is 725. The fraction of sp³-hybridized carbons (Fsp3) is 0.0909. The zero-order valence-corrected chi connectivity index (χ0v) is 10.3. The number of rotatable bonds is 2. The van der Waals surface area contributed by atoms with Crippen LogP contribution in [-0.2, 0) is 14.8 Å². The predicted molar refractivity (Wildman–Crippen MR) is 64.5 cm³/mol. The lowest BCUT2D eigenvalue weighted by atomic mass is 10.1. The largest absolute Gasteiger partial charge is 0.464 e. The van der Waals surface area contributed by atoms with Gasteiger partial charge in [0.25, 0.3) is 0 Å². The maximum Gasteiger partial charge on any atom is 0.357 e. The minimum atomic E-state index is -3.86. The molecule has 1 heterocycles. The third-order valence-electron chi connectivity index (χ3n) is 2.45. The highest BCUT2D eigenvalue weighted by atomic mass is 32.2. The van der Waals surface area contributed by atoms with E-state index in [0.717, 1.165) is 0 Å². The molecule has 18 heavy (non-hydrogen) atoms. The highest BCUT2D eigenvalue weighted by molar-refractivity contribution is 7.89. The summed E-state index contributed by atoms with van der Waals surface area (Å²) in [6, 6.07) is 5.94. The Morgan fingerprint density at radius 2 is 2.00 bits per heavy atom. The molecular formula is C11H10N2O4S. The van der Waals surface area contributed by atoms with Gasteiger partial charge in [-0.25, -0.2) is 23.3 Å². The van der Waals surface area contributed by atoms with Crippen LogP contribution >= 0.6 is 0 Å². The molecule has 2 aromatic rings. The van der Waals surface area contributed by atoms with Gasteiger partial charge in [0.2, 0.25) is 10.0 Å². The summed E-state index contributed by atoms with van der Waals surface area (Å²) < 4.78 is 27.5. The van der Waals surface area contributed by atoms with Gasteiger partial charge in [-0.2, -0.15) is 0 Å². The number of nitrogens with zero attached hydrogens (tertiary/aromatic N) is 1. The van der Waals surface area contributed by atoms with Crippen molar-refractivity contribution in [2.75, 3.05) is 7.11 Å². The number of fused-ring (bicyclic) bond motifs is 1. The Morgan fingerprint density at radius 1 is 1.28 bits per heavy atom. The molecule has 2 rings (SSSR count). The van der Waals surface area contributed by atoms with Crippen LogP contribution in [0.2, 0.25) is 0 Å². The topological polar surface area (TPSA) is 99.3 Å². The molecule has 1 aromatic carbocycles. The third kappa shape index (κ3) is 2.05. The lowest BCUT2D eigenvalue weighted by Gasteiger charge is -2.07. The molecule has 0 radical (unpaired) electrons. The van der Waals surface area contributed by atoms with E-state index in [1.807, 2.05) is 0 Å². The van der Waals surface area contributed by atoms with Gasteiger partial charge in [0.15, 0.2) is 5.69 Å². The molecule has 94 valence electrons. The molecule has 0 saturated heterocycles. The van der Waals surface area contributed by atoms with Crippen molar-refractivity contribution in [3.05, 3.63) is 36.2 Å². The fourth-order valence-electron chi connectivity index (χ4n) is 1.69. The van der Waals surface area contributed by atoms with Gasteiger partial charge < -0.3 is 4.74 Å². The number of carbonyl (C=O) groups excluding carboxylic acids is 1. The summed E-state index contributed by atoms with van der Waals surface area (Å²) in [7, 11) is -2.63. The van der Waals surface area contributed by atoms with Crippen molar-refractivity contribution in [2.45, 2.75) is 4.90 Å². The lowest BCUT2D eigenvalue weighted by Crippen LogP contribution is -2.13. The first-order valence-electron chi connectivity index (χ1n) is 4.94. The molecule has 1 aromatic heterocycles. The van der Waals surface area contributed by atoms with E-state index < -0.39 is 16.0 Å². The second-order valence-corrected chi connectivity index (χ2v) is 5.08. The number of primary sulfonamides is 1. The highest BCUT2D eigenvalue weighted by Crippen LogP contribution is 2.24. The summed E-state index contributed by atoms with van der Waals surface area (Å²) in [5, 5.41) is 5.85. The molecular weight excluding hydrogens is 256 g/mol. The molecule has 7 heteroatoms. The van der Waals surface area contributed by atoms with E-state index in [2.05, 4.69) is 9.72 Å². The van der Waals surface area contributed by atoms with Crippen LogP contribution in [0.3, 0.4) is 0 Å². The van der Waals surface area contributed by atoms with Gasteiger partial charge in [0, 0.05) is 17.0 Å². The molecule has 0 fully saturated rings. The molecule has 2 N–H and O–H groups in total. The van der Waals surface area contributed by atoms with Gasteiger partial charge in [-0.15, -0.1) is 0 Å². The normalized spacial score (nSPS) is 11.4.